The number of aryl methyl sites for hydroxylation is 1. The molecule has 0 unspecified atom stereocenters. The molecule has 1 aromatic heterocycles. The Balaban J connectivity index is 2.37. The van der Waals surface area contributed by atoms with Crippen molar-refractivity contribution in [2.24, 2.45) is 0 Å². The molecule has 2 rings (SSSR count). The van der Waals surface area contributed by atoms with Gasteiger partial charge in [0.1, 0.15) is 0 Å². The summed E-state index contributed by atoms with van der Waals surface area (Å²) in [6.45, 7) is 5.00. The van der Waals surface area contributed by atoms with Gasteiger partial charge in [0.25, 0.3) is 0 Å². The van der Waals surface area contributed by atoms with Gasteiger partial charge in [0.2, 0.25) is 0 Å². The summed E-state index contributed by atoms with van der Waals surface area (Å²) in [6, 6.07) is 7.90. The predicted octanol–water partition coefficient (Wildman–Crippen LogP) is 4.45. The fourth-order valence-corrected chi connectivity index (χ4v) is 2.88. The highest BCUT2D eigenvalue weighted by molar-refractivity contribution is 6.30. The maximum absolute atomic E-state index is 6.06. The second-order valence-electron chi connectivity index (χ2n) is 4.50. The first kappa shape index (κ1) is 14.4. The number of rotatable bonds is 5. The van der Waals surface area contributed by atoms with E-state index >= 15 is 0 Å². The molecule has 1 heterocycles. The van der Waals surface area contributed by atoms with E-state index in [-0.39, 0.29) is 0 Å². The molecule has 0 saturated carbocycles. The van der Waals surface area contributed by atoms with Crippen molar-refractivity contribution in [1.82, 2.24) is 9.78 Å². The molecule has 0 aliphatic heterocycles. The molecular weight excluding hydrogens is 279 g/mol. The lowest BCUT2D eigenvalue weighted by molar-refractivity contribution is 0.640. The predicted molar refractivity (Wildman–Crippen MR) is 81.1 cm³/mol. The van der Waals surface area contributed by atoms with Crippen LogP contribution < -0.4 is 0 Å². The summed E-state index contributed by atoms with van der Waals surface area (Å²) >= 11 is 12.1. The molecular formula is C15H18Cl2N2. The molecule has 4 heteroatoms. The second-order valence-corrected chi connectivity index (χ2v) is 5.20. The Bertz CT molecular complexity index is 561. The Morgan fingerprint density at radius 2 is 2.00 bits per heavy atom. The van der Waals surface area contributed by atoms with E-state index in [0.717, 1.165) is 35.7 Å². The van der Waals surface area contributed by atoms with E-state index in [1.54, 1.807) is 0 Å². The number of aromatic nitrogens is 2. The number of nitrogens with zero attached hydrogens (tertiary/aromatic N) is 2. The third-order valence-electron chi connectivity index (χ3n) is 3.27. The Labute approximate surface area is 124 Å². The molecule has 0 N–H and O–H groups in total. The summed E-state index contributed by atoms with van der Waals surface area (Å²) in [5.74, 6) is 0.530. The van der Waals surface area contributed by atoms with Gasteiger partial charge in [0, 0.05) is 16.3 Å². The average molecular weight is 297 g/mol. The van der Waals surface area contributed by atoms with Crippen LogP contribution in [0.1, 0.15) is 36.4 Å². The van der Waals surface area contributed by atoms with Crippen molar-refractivity contribution < 1.29 is 0 Å². The standard InChI is InChI=1S/C15H18Cl2N2/c1-3-14-13(9-16)15(4-2)19(18-14)10-11-6-5-7-12(17)8-11/h5-8H,3-4,9-10H2,1-2H3. The van der Waals surface area contributed by atoms with Crippen molar-refractivity contribution in [1.29, 1.82) is 0 Å². The van der Waals surface area contributed by atoms with Crippen LogP contribution in [0.5, 0.6) is 0 Å². The van der Waals surface area contributed by atoms with Gasteiger partial charge < -0.3 is 0 Å². The quantitative estimate of drug-likeness (QED) is 0.746. The van der Waals surface area contributed by atoms with Crippen molar-refractivity contribution in [3.05, 3.63) is 51.8 Å². The number of benzene rings is 1. The molecule has 2 aromatic rings. The SMILES string of the molecule is CCc1nn(Cc2cccc(Cl)c2)c(CC)c1CCl. The van der Waals surface area contributed by atoms with Gasteiger partial charge >= 0.3 is 0 Å². The van der Waals surface area contributed by atoms with Gasteiger partial charge in [-0.2, -0.15) is 5.10 Å². The molecule has 0 atom stereocenters. The van der Waals surface area contributed by atoms with Crippen molar-refractivity contribution in [2.45, 2.75) is 39.1 Å². The zero-order valence-electron chi connectivity index (χ0n) is 11.3. The summed E-state index contributed by atoms with van der Waals surface area (Å²) in [6.07, 6.45) is 1.85. The van der Waals surface area contributed by atoms with Crippen LogP contribution in [0.2, 0.25) is 5.02 Å². The lowest BCUT2D eigenvalue weighted by atomic mass is 10.1. The molecule has 1 aromatic carbocycles. The van der Waals surface area contributed by atoms with Crippen LogP contribution in [0, 0.1) is 0 Å². The lowest BCUT2D eigenvalue weighted by Gasteiger charge is -2.07. The Morgan fingerprint density at radius 1 is 1.21 bits per heavy atom. The highest BCUT2D eigenvalue weighted by Crippen LogP contribution is 2.20. The van der Waals surface area contributed by atoms with Gasteiger partial charge in [0.15, 0.2) is 0 Å². The number of hydrogen-bond acceptors (Lipinski definition) is 1. The van der Waals surface area contributed by atoms with Crippen molar-refractivity contribution in [3.63, 3.8) is 0 Å². The van der Waals surface area contributed by atoms with E-state index in [9.17, 15) is 0 Å². The maximum atomic E-state index is 6.06. The van der Waals surface area contributed by atoms with Gasteiger partial charge in [0.05, 0.1) is 18.1 Å². The molecule has 2 nitrogen and oxygen atoms in total. The summed E-state index contributed by atoms with van der Waals surface area (Å²) in [4.78, 5) is 0. The summed E-state index contributed by atoms with van der Waals surface area (Å²) in [5.41, 5.74) is 4.68. The first-order valence-electron chi connectivity index (χ1n) is 6.57. The van der Waals surface area contributed by atoms with Crippen LogP contribution in [0.15, 0.2) is 24.3 Å². The van der Waals surface area contributed by atoms with Gasteiger partial charge in [-0.15, -0.1) is 11.6 Å². The first-order chi connectivity index (χ1) is 9.19. The third kappa shape index (κ3) is 3.13. The average Bonchev–Trinajstić information content (AvgIpc) is 2.75. The van der Waals surface area contributed by atoms with E-state index in [2.05, 4.69) is 29.7 Å². The minimum atomic E-state index is 0.530. The second kappa shape index (κ2) is 6.44. The van der Waals surface area contributed by atoms with Gasteiger partial charge in [-0.25, -0.2) is 0 Å². The van der Waals surface area contributed by atoms with Crippen LogP contribution in [-0.4, -0.2) is 9.78 Å². The lowest BCUT2D eigenvalue weighted by Crippen LogP contribution is -2.06. The summed E-state index contributed by atoms with van der Waals surface area (Å²) < 4.78 is 2.06. The van der Waals surface area contributed by atoms with Crippen molar-refractivity contribution >= 4 is 23.2 Å². The highest BCUT2D eigenvalue weighted by atomic mass is 35.5. The number of halogens is 2. The van der Waals surface area contributed by atoms with Crippen LogP contribution in [-0.2, 0) is 25.3 Å². The zero-order chi connectivity index (χ0) is 13.8. The van der Waals surface area contributed by atoms with E-state index in [1.807, 2.05) is 18.2 Å². The van der Waals surface area contributed by atoms with Crippen LogP contribution in [0.3, 0.4) is 0 Å². The van der Waals surface area contributed by atoms with E-state index in [1.165, 1.54) is 11.3 Å². The number of alkyl halides is 1. The fourth-order valence-electron chi connectivity index (χ4n) is 2.36. The highest BCUT2D eigenvalue weighted by Gasteiger charge is 2.14. The minimum Gasteiger partial charge on any atom is -0.265 e. The van der Waals surface area contributed by atoms with E-state index in [4.69, 9.17) is 23.2 Å². The van der Waals surface area contributed by atoms with Gasteiger partial charge in [-0.1, -0.05) is 37.6 Å². The topological polar surface area (TPSA) is 17.8 Å². The Kier molecular flexibility index (Phi) is 4.89. The van der Waals surface area contributed by atoms with Crippen LogP contribution in [0.4, 0.5) is 0 Å². The Morgan fingerprint density at radius 3 is 2.58 bits per heavy atom. The molecule has 19 heavy (non-hydrogen) atoms. The molecule has 0 radical (unpaired) electrons. The van der Waals surface area contributed by atoms with Crippen LogP contribution in [0.25, 0.3) is 0 Å². The first-order valence-corrected chi connectivity index (χ1v) is 7.48. The normalized spacial score (nSPS) is 10.9. The molecule has 0 spiro atoms. The molecule has 0 amide bonds. The number of hydrogen-bond donors (Lipinski definition) is 0. The van der Waals surface area contributed by atoms with Gasteiger partial charge in [-0.3, -0.25) is 4.68 Å². The maximum Gasteiger partial charge on any atom is 0.0669 e. The molecule has 0 fully saturated rings. The molecule has 0 saturated heterocycles. The van der Waals surface area contributed by atoms with Crippen LogP contribution >= 0.6 is 23.2 Å². The van der Waals surface area contributed by atoms with Crippen molar-refractivity contribution in [2.75, 3.05) is 0 Å². The fraction of sp³-hybridized carbons (Fsp3) is 0.400. The minimum absolute atomic E-state index is 0.530. The molecule has 0 bridgehead atoms. The van der Waals surface area contributed by atoms with E-state index < -0.39 is 0 Å². The molecule has 102 valence electrons. The smallest absolute Gasteiger partial charge is 0.0669 e. The summed E-state index contributed by atoms with van der Waals surface area (Å²) in [5, 5.41) is 5.44. The third-order valence-corrected chi connectivity index (χ3v) is 3.78. The summed E-state index contributed by atoms with van der Waals surface area (Å²) in [7, 11) is 0. The molecule has 0 aliphatic rings. The zero-order valence-corrected chi connectivity index (χ0v) is 12.8. The largest absolute Gasteiger partial charge is 0.265 e. The van der Waals surface area contributed by atoms with Gasteiger partial charge in [-0.05, 0) is 30.5 Å². The monoisotopic (exact) mass is 296 g/mol. The molecule has 0 aliphatic carbocycles. The van der Waals surface area contributed by atoms with E-state index in [0.29, 0.717) is 5.88 Å². The van der Waals surface area contributed by atoms with Crippen molar-refractivity contribution in [3.8, 4) is 0 Å². The Hall–Kier alpha value is -0.990.